The zero-order chi connectivity index (χ0) is 25.7. The molecule has 13 heteroatoms. The maximum atomic E-state index is 13.6. The largest absolute Gasteiger partial charge is 0.480 e. The summed E-state index contributed by atoms with van der Waals surface area (Å²) in [4.78, 5) is 42.4. The summed E-state index contributed by atoms with van der Waals surface area (Å²) in [5.41, 5.74) is 0.932. The van der Waals surface area contributed by atoms with Gasteiger partial charge in [0.2, 0.25) is 5.91 Å². The maximum Gasteiger partial charge on any atom is 0.322 e. The van der Waals surface area contributed by atoms with E-state index in [-0.39, 0.29) is 36.6 Å². The van der Waals surface area contributed by atoms with Crippen LogP contribution in [0.15, 0.2) is 18.3 Å². The summed E-state index contributed by atoms with van der Waals surface area (Å²) in [5, 5.41) is 16.3. The number of halogens is 3. The Bertz CT molecular complexity index is 1210. The average Bonchev–Trinajstić information content (AvgIpc) is 3.54. The van der Waals surface area contributed by atoms with Crippen molar-refractivity contribution in [2.75, 3.05) is 23.3 Å². The second kappa shape index (κ2) is 9.12. The number of nitrogens with one attached hydrogen (secondary N) is 1. The van der Waals surface area contributed by atoms with Crippen LogP contribution in [-0.2, 0) is 22.7 Å². The Balaban J connectivity index is 1.33. The molecule has 36 heavy (non-hydrogen) atoms. The number of rotatable bonds is 4. The highest BCUT2D eigenvalue weighted by atomic mass is 19.2. The summed E-state index contributed by atoms with van der Waals surface area (Å²) < 4.78 is 42.1. The normalized spacial score (nSPS) is 24.3. The SMILES string of the molecule is C[C@H]1Cn2ncc(N3CC(N4CCC[C@H]4C(=O)O)CC3=O)c2CN1C(=O)Nc1cc(F)c(F)c(F)c1. The molecule has 1 unspecified atom stereocenters. The van der Waals surface area contributed by atoms with Gasteiger partial charge in [0.05, 0.1) is 36.7 Å². The molecule has 3 aliphatic rings. The number of benzene rings is 1. The van der Waals surface area contributed by atoms with Gasteiger partial charge in [-0.3, -0.25) is 19.2 Å². The lowest BCUT2D eigenvalue weighted by atomic mass is 10.1. The fourth-order valence-corrected chi connectivity index (χ4v) is 5.34. The molecule has 1 aromatic heterocycles. The maximum absolute atomic E-state index is 13.6. The van der Waals surface area contributed by atoms with Crippen molar-refractivity contribution < 1.29 is 32.7 Å². The van der Waals surface area contributed by atoms with Crippen molar-refractivity contribution in [3.05, 3.63) is 41.5 Å². The molecule has 2 aromatic rings. The van der Waals surface area contributed by atoms with Crippen molar-refractivity contribution in [2.24, 2.45) is 0 Å². The molecule has 0 radical (unpaired) electrons. The van der Waals surface area contributed by atoms with Gasteiger partial charge in [-0.15, -0.1) is 0 Å². The van der Waals surface area contributed by atoms with Gasteiger partial charge in [-0.1, -0.05) is 0 Å². The van der Waals surface area contributed by atoms with Crippen LogP contribution < -0.4 is 10.2 Å². The van der Waals surface area contributed by atoms with Crippen molar-refractivity contribution in [1.82, 2.24) is 19.6 Å². The third-order valence-corrected chi connectivity index (χ3v) is 7.16. The van der Waals surface area contributed by atoms with Crippen LogP contribution in [0.1, 0.15) is 31.9 Å². The van der Waals surface area contributed by atoms with Gasteiger partial charge >= 0.3 is 12.0 Å². The summed E-state index contributed by atoms with van der Waals surface area (Å²) in [6.07, 6.45) is 3.06. The number of aliphatic carboxylic acids is 1. The van der Waals surface area contributed by atoms with Crippen molar-refractivity contribution in [3.63, 3.8) is 0 Å². The van der Waals surface area contributed by atoms with Crippen LogP contribution in [0.3, 0.4) is 0 Å². The highest BCUT2D eigenvalue weighted by molar-refractivity contribution is 5.97. The van der Waals surface area contributed by atoms with Gasteiger partial charge in [-0.2, -0.15) is 5.10 Å². The van der Waals surface area contributed by atoms with Gasteiger partial charge in [0.25, 0.3) is 0 Å². The van der Waals surface area contributed by atoms with Crippen LogP contribution >= 0.6 is 0 Å². The van der Waals surface area contributed by atoms with E-state index in [2.05, 4.69) is 10.4 Å². The molecule has 2 saturated heterocycles. The average molecular weight is 506 g/mol. The molecule has 1 aromatic carbocycles. The van der Waals surface area contributed by atoms with Crippen LogP contribution in [-0.4, -0.2) is 73.8 Å². The Morgan fingerprint density at radius 2 is 1.89 bits per heavy atom. The molecule has 5 rings (SSSR count). The van der Waals surface area contributed by atoms with E-state index in [1.165, 1.54) is 4.90 Å². The first-order valence-electron chi connectivity index (χ1n) is 11.7. The highest BCUT2D eigenvalue weighted by Gasteiger charge is 2.43. The first-order valence-corrected chi connectivity index (χ1v) is 11.7. The zero-order valence-electron chi connectivity index (χ0n) is 19.5. The summed E-state index contributed by atoms with van der Waals surface area (Å²) >= 11 is 0. The first-order chi connectivity index (χ1) is 17.1. The number of anilines is 2. The summed E-state index contributed by atoms with van der Waals surface area (Å²) in [7, 11) is 0. The quantitative estimate of drug-likeness (QED) is 0.617. The van der Waals surface area contributed by atoms with Crippen LogP contribution in [0.25, 0.3) is 0 Å². The number of hydrogen-bond donors (Lipinski definition) is 2. The number of amides is 3. The number of nitrogens with zero attached hydrogens (tertiary/aromatic N) is 5. The minimum atomic E-state index is -1.62. The number of carbonyl (C=O) groups is 3. The van der Waals surface area contributed by atoms with E-state index in [0.717, 1.165) is 6.42 Å². The Labute approximate surface area is 204 Å². The molecule has 2 fully saturated rings. The van der Waals surface area contributed by atoms with Gasteiger partial charge < -0.3 is 20.2 Å². The predicted molar refractivity (Wildman–Crippen MR) is 121 cm³/mol. The predicted octanol–water partition coefficient (Wildman–Crippen LogP) is 2.39. The van der Waals surface area contributed by atoms with Crippen molar-refractivity contribution >= 4 is 29.3 Å². The van der Waals surface area contributed by atoms with Gasteiger partial charge in [-0.05, 0) is 26.3 Å². The number of hydrogen-bond acceptors (Lipinski definition) is 5. The molecule has 3 aliphatic heterocycles. The van der Waals surface area contributed by atoms with E-state index in [9.17, 15) is 32.7 Å². The first kappa shape index (κ1) is 24.1. The number of carboxylic acids is 1. The van der Waals surface area contributed by atoms with Gasteiger partial charge in [0.15, 0.2) is 17.5 Å². The Morgan fingerprint density at radius 1 is 1.17 bits per heavy atom. The molecular formula is C23H25F3N6O4. The molecule has 0 spiro atoms. The summed E-state index contributed by atoms with van der Waals surface area (Å²) in [5.74, 6) is -5.49. The number of carboxylic acid groups (broad SMARTS) is 1. The van der Waals surface area contributed by atoms with E-state index in [1.54, 1.807) is 22.7 Å². The molecule has 0 saturated carbocycles. The van der Waals surface area contributed by atoms with Crippen LogP contribution in [0, 0.1) is 17.5 Å². The Morgan fingerprint density at radius 3 is 2.58 bits per heavy atom. The van der Waals surface area contributed by atoms with Gasteiger partial charge in [0.1, 0.15) is 6.04 Å². The van der Waals surface area contributed by atoms with E-state index in [4.69, 9.17) is 0 Å². The second-order valence-corrected chi connectivity index (χ2v) is 9.42. The fourth-order valence-electron chi connectivity index (χ4n) is 5.34. The minimum Gasteiger partial charge on any atom is -0.480 e. The molecule has 0 aliphatic carbocycles. The van der Waals surface area contributed by atoms with Gasteiger partial charge in [-0.25, -0.2) is 18.0 Å². The third-order valence-electron chi connectivity index (χ3n) is 7.16. The zero-order valence-corrected chi connectivity index (χ0v) is 19.5. The number of carbonyl (C=O) groups excluding carboxylic acids is 2. The monoisotopic (exact) mass is 506 g/mol. The topological polar surface area (TPSA) is 111 Å². The van der Waals surface area contributed by atoms with E-state index in [0.29, 0.717) is 49.6 Å². The van der Waals surface area contributed by atoms with E-state index >= 15 is 0 Å². The van der Waals surface area contributed by atoms with Crippen LogP contribution in [0.5, 0.6) is 0 Å². The Hall–Kier alpha value is -3.61. The molecule has 10 nitrogen and oxygen atoms in total. The summed E-state index contributed by atoms with van der Waals surface area (Å²) in [6, 6.07) is -0.410. The molecule has 2 N–H and O–H groups in total. The molecule has 3 atom stereocenters. The van der Waals surface area contributed by atoms with Crippen LogP contribution in [0.2, 0.25) is 0 Å². The smallest absolute Gasteiger partial charge is 0.322 e. The molecule has 4 heterocycles. The molecule has 0 bridgehead atoms. The second-order valence-electron chi connectivity index (χ2n) is 9.42. The van der Waals surface area contributed by atoms with Crippen LogP contribution in [0.4, 0.5) is 29.3 Å². The fraction of sp³-hybridized carbons (Fsp3) is 0.478. The van der Waals surface area contributed by atoms with Gasteiger partial charge in [0, 0.05) is 36.8 Å². The lowest BCUT2D eigenvalue weighted by molar-refractivity contribution is -0.143. The number of fused-ring (bicyclic) bond motifs is 1. The van der Waals surface area contributed by atoms with Crippen molar-refractivity contribution in [1.29, 1.82) is 0 Å². The summed E-state index contributed by atoms with van der Waals surface area (Å²) in [6.45, 7) is 3.12. The van der Waals surface area contributed by atoms with E-state index in [1.807, 2.05) is 4.90 Å². The lowest BCUT2D eigenvalue weighted by Crippen LogP contribution is -2.47. The minimum absolute atomic E-state index is 0.0738. The standard InChI is InChI=1S/C23H25F3N6O4/c1-12-9-32-19(11-30(12)23(36)28-13-5-15(24)21(26)16(25)6-13)18(8-27-32)31-10-14(7-20(31)33)29-4-2-3-17(29)22(34)35/h5-6,8,12,14,17H,2-4,7,9-11H2,1H3,(H,28,36)(H,34,35)/t12-,14?,17-/m0/s1. The molecule has 3 amide bonds. The molecule has 192 valence electrons. The number of urea groups is 1. The Kier molecular flexibility index (Phi) is 6.10. The van der Waals surface area contributed by atoms with Crippen molar-refractivity contribution in [2.45, 2.75) is 57.4 Å². The highest BCUT2D eigenvalue weighted by Crippen LogP contribution is 2.33. The molecular weight excluding hydrogens is 481 g/mol. The number of likely N-dealkylation sites (tertiary alicyclic amines) is 1. The van der Waals surface area contributed by atoms with Crippen molar-refractivity contribution in [3.8, 4) is 0 Å². The number of aromatic nitrogens is 2. The van der Waals surface area contributed by atoms with E-state index < -0.39 is 35.5 Å². The third kappa shape index (κ3) is 4.16. The lowest BCUT2D eigenvalue weighted by Gasteiger charge is -2.35.